The molecule has 0 spiro atoms. The molecule has 0 saturated carbocycles. The monoisotopic (exact) mass is 741 g/mol. The number of unbranched alkanes of at least 4 members (excludes halogenated alkanes) is 22. The van der Waals surface area contributed by atoms with E-state index in [9.17, 15) is 14.2 Å². The minimum absolute atomic E-state index is 0.188. The summed E-state index contributed by atoms with van der Waals surface area (Å²) in [6, 6.07) is 0. The molecule has 0 aromatic heterocycles. The number of ether oxygens (including phenoxy) is 2. The van der Waals surface area contributed by atoms with Gasteiger partial charge in [0.2, 0.25) is 0 Å². The third-order valence-corrected chi connectivity index (χ3v) is 9.40. The van der Waals surface area contributed by atoms with Crippen LogP contribution in [0.3, 0.4) is 0 Å². The quantitative estimate of drug-likeness (QED) is 0.0278. The van der Waals surface area contributed by atoms with Crippen LogP contribution < -0.4 is 0 Å². The van der Waals surface area contributed by atoms with Crippen LogP contribution in [0.1, 0.15) is 200 Å². The summed E-state index contributed by atoms with van der Waals surface area (Å²) in [4.78, 5) is 42.8. The van der Waals surface area contributed by atoms with Crippen molar-refractivity contribution in [3.63, 3.8) is 0 Å². The maximum Gasteiger partial charge on any atom is 0.469 e. The van der Waals surface area contributed by atoms with Gasteiger partial charge in [0.15, 0.2) is 6.10 Å². The molecular weight excluding hydrogens is 663 g/mol. The zero-order valence-electron chi connectivity index (χ0n) is 32.8. The maximum absolute atomic E-state index is 12.4. The normalized spacial score (nSPS) is 12.8. The second-order valence-corrected chi connectivity index (χ2v) is 15.2. The lowest BCUT2D eigenvalue weighted by Gasteiger charge is -2.18. The molecular formula is C42H77O8P. The van der Waals surface area contributed by atoms with E-state index in [1.807, 2.05) is 0 Å². The van der Waals surface area contributed by atoms with Gasteiger partial charge in [-0.05, 0) is 51.4 Å². The molecule has 0 aliphatic heterocycles. The smallest absolute Gasteiger partial charge is 0.462 e. The summed E-state index contributed by atoms with van der Waals surface area (Å²) in [5.74, 6) is -0.904. The summed E-state index contributed by atoms with van der Waals surface area (Å²) < 4.78 is 26.4. The van der Waals surface area contributed by atoms with Crippen molar-refractivity contribution >= 4 is 19.8 Å². The van der Waals surface area contributed by atoms with E-state index in [4.69, 9.17) is 19.3 Å². The van der Waals surface area contributed by atoms with Gasteiger partial charge in [-0.1, -0.05) is 172 Å². The lowest BCUT2D eigenvalue weighted by molar-refractivity contribution is -0.161. The van der Waals surface area contributed by atoms with E-state index < -0.39 is 32.5 Å². The molecule has 8 nitrogen and oxygen atoms in total. The van der Waals surface area contributed by atoms with Gasteiger partial charge in [0.25, 0.3) is 0 Å². The van der Waals surface area contributed by atoms with Crippen molar-refractivity contribution in [3.05, 3.63) is 36.5 Å². The summed E-state index contributed by atoms with van der Waals surface area (Å²) >= 11 is 0. The number of carbonyl (C=O) groups is 2. The van der Waals surface area contributed by atoms with Crippen molar-refractivity contribution in [1.29, 1.82) is 0 Å². The van der Waals surface area contributed by atoms with E-state index in [-0.39, 0.29) is 19.4 Å². The lowest BCUT2D eigenvalue weighted by Crippen LogP contribution is -2.29. The Morgan fingerprint density at radius 3 is 1.35 bits per heavy atom. The second kappa shape index (κ2) is 38.0. The highest BCUT2D eigenvalue weighted by Gasteiger charge is 2.22. The Morgan fingerprint density at radius 2 is 0.882 bits per heavy atom. The molecule has 0 rings (SSSR count). The standard InChI is InChI=1S/C42H77O8P/c1-3-5-7-9-11-13-15-17-19-21-23-25-27-29-31-33-35-37-42(44)50-40(39-49-51(45,46)47)38-48-41(43)36-34-32-30-28-26-24-22-20-18-16-14-12-10-8-6-4-2/h11,13,17,19,23,25,40H,3-10,12,14-16,18,20-22,24,26-39H2,1-2H3,(H2,45,46,47)/b13-11-,19-17-,25-23-/t40-/m1/s1. The molecule has 0 saturated heterocycles. The van der Waals surface area contributed by atoms with Gasteiger partial charge >= 0.3 is 19.8 Å². The van der Waals surface area contributed by atoms with Gasteiger partial charge in [-0.25, -0.2) is 4.57 Å². The van der Waals surface area contributed by atoms with Crippen LogP contribution in [0.4, 0.5) is 0 Å². The first-order valence-electron chi connectivity index (χ1n) is 20.8. The molecule has 0 unspecified atom stereocenters. The fraction of sp³-hybridized carbons (Fsp3) is 0.810. The zero-order chi connectivity index (χ0) is 37.5. The van der Waals surface area contributed by atoms with Crippen molar-refractivity contribution in [2.75, 3.05) is 13.2 Å². The highest BCUT2D eigenvalue weighted by molar-refractivity contribution is 7.46. The molecule has 0 bridgehead atoms. The molecule has 2 N–H and O–H groups in total. The molecule has 0 aliphatic carbocycles. The van der Waals surface area contributed by atoms with Crippen LogP contribution in [0, 0.1) is 0 Å². The Labute approximate surface area is 312 Å². The minimum Gasteiger partial charge on any atom is -0.462 e. The van der Waals surface area contributed by atoms with Crippen molar-refractivity contribution in [2.45, 2.75) is 206 Å². The van der Waals surface area contributed by atoms with Gasteiger partial charge in [0, 0.05) is 12.8 Å². The van der Waals surface area contributed by atoms with Crippen LogP contribution in [0.25, 0.3) is 0 Å². The summed E-state index contributed by atoms with van der Waals surface area (Å²) in [6.45, 7) is 3.65. The number of rotatable bonds is 38. The predicted octanol–water partition coefficient (Wildman–Crippen LogP) is 12.6. The van der Waals surface area contributed by atoms with E-state index >= 15 is 0 Å². The summed E-state index contributed by atoms with van der Waals surface area (Å²) in [7, 11) is -4.76. The second-order valence-electron chi connectivity index (χ2n) is 14.0. The topological polar surface area (TPSA) is 119 Å². The Kier molecular flexibility index (Phi) is 36.7. The first-order chi connectivity index (χ1) is 24.8. The van der Waals surface area contributed by atoms with Gasteiger partial charge < -0.3 is 19.3 Å². The molecule has 51 heavy (non-hydrogen) atoms. The van der Waals surface area contributed by atoms with E-state index in [0.717, 1.165) is 57.8 Å². The molecule has 0 amide bonds. The number of phosphoric ester groups is 1. The van der Waals surface area contributed by atoms with Crippen LogP contribution in [0.15, 0.2) is 36.5 Å². The average Bonchev–Trinajstić information content (AvgIpc) is 3.10. The average molecular weight is 741 g/mol. The van der Waals surface area contributed by atoms with Gasteiger partial charge in [0.05, 0.1) is 6.61 Å². The maximum atomic E-state index is 12.4. The first kappa shape index (κ1) is 49.3. The van der Waals surface area contributed by atoms with E-state index in [1.165, 1.54) is 109 Å². The SMILES string of the molecule is CCCCC/C=C\C/C=C\C/C=C\CCCCCCC(=O)O[C@H](COC(=O)CCCCCCCCCCCCCCCCCC)COP(=O)(O)O. The molecule has 0 aromatic carbocycles. The van der Waals surface area contributed by atoms with Gasteiger partial charge in [-0.15, -0.1) is 0 Å². The van der Waals surface area contributed by atoms with Crippen molar-refractivity contribution < 1.29 is 37.9 Å². The number of phosphoric acid groups is 1. The number of carbonyl (C=O) groups excluding carboxylic acids is 2. The van der Waals surface area contributed by atoms with Crippen LogP contribution in [-0.4, -0.2) is 41.0 Å². The molecule has 9 heteroatoms. The summed E-state index contributed by atoms with van der Waals surface area (Å²) in [5.41, 5.74) is 0. The van der Waals surface area contributed by atoms with Gasteiger partial charge in [0.1, 0.15) is 6.61 Å². The summed E-state index contributed by atoms with van der Waals surface area (Å²) in [5, 5.41) is 0. The van der Waals surface area contributed by atoms with Crippen LogP contribution in [-0.2, 0) is 28.2 Å². The zero-order valence-corrected chi connectivity index (χ0v) is 33.6. The van der Waals surface area contributed by atoms with Crippen LogP contribution >= 0.6 is 7.82 Å². The Morgan fingerprint density at radius 1 is 0.510 bits per heavy atom. The minimum atomic E-state index is -4.76. The van der Waals surface area contributed by atoms with Gasteiger partial charge in [-0.2, -0.15) is 0 Å². The Hall–Kier alpha value is -1.73. The van der Waals surface area contributed by atoms with E-state index in [0.29, 0.717) is 6.42 Å². The fourth-order valence-electron chi connectivity index (χ4n) is 5.79. The summed E-state index contributed by atoms with van der Waals surface area (Å²) in [6.07, 6.45) is 44.3. The Balaban J connectivity index is 3.95. The first-order valence-corrected chi connectivity index (χ1v) is 22.3. The highest BCUT2D eigenvalue weighted by atomic mass is 31.2. The van der Waals surface area contributed by atoms with Gasteiger partial charge in [-0.3, -0.25) is 14.1 Å². The molecule has 1 atom stereocenters. The van der Waals surface area contributed by atoms with Crippen LogP contribution in [0.5, 0.6) is 0 Å². The number of hydrogen-bond donors (Lipinski definition) is 2. The molecule has 0 aliphatic rings. The number of allylic oxidation sites excluding steroid dienone is 6. The molecule has 0 fully saturated rings. The third-order valence-electron chi connectivity index (χ3n) is 8.91. The fourth-order valence-corrected chi connectivity index (χ4v) is 6.15. The molecule has 0 heterocycles. The lowest BCUT2D eigenvalue weighted by atomic mass is 10.0. The molecule has 0 aromatic rings. The van der Waals surface area contributed by atoms with Crippen molar-refractivity contribution in [1.82, 2.24) is 0 Å². The number of esters is 2. The number of hydrogen-bond acceptors (Lipinski definition) is 6. The molecule has 298 valence electrons. The highest BCUT2D eigenvalue weighted by Crippen LogP contribution is 2.36. The van der Waals surface area contributed by atoms with Crippen molar-refractivity contribution in [3.8, 4) is 0 Å². The molecule has 0 radical (unpaired) electrons. The largest absolute Gasteiger partial charge is 0.469 e. The predicted molar refractivity (Wildman–Crippen MR) is 211 cm³/mol. The third kappa shape index (κ3) is 40.9. The Bertz CT molecular complexity index is 926. The van der Waals surface area contributed by atoms with Crippen molar-refractivity contribution in [2.24, 2.45) is 0 Å². The van der Waals surface area contributed by atoms with Crippen LogP contribution in [0.2, 0.25) is 0 Å². The van der Waals surface area contributed by atoms with E-state index in [1.54, 1.807) is 0 Å². The van der Waals surface area contributed by atoms with E-state index in [2.05, 4.69) is 54.8 Å².